The van der Waals surface area contributed by atoms with E-state index in [1.54, 1.807) is 0 Å². The van der Waals surface area contributed by atoms with Crippen LogP contribution in [0.2, 0.25) is 0 Å². The van der Waals surface area contributed by atoms with Crippen molar-refractivity contribution in [2.75, 3.05) is 13.1 Å². The molecule has 0 radical (unpaired) electrons. The van der Waals surface area contributed by atoms with Gasteiger partial charge in [0, 0.05) is 12.6 Å². The first-order valence-electron chi connectivity index (χ1n) is 5.38. The van der Waals surface area contributed by atoms with Gasteiger partial charge in [-0.3, -0.25) is 14.3 Å². The minimum atomic E-state index is -4.10. The van der Waals surface area contributed by atoms with E-state index in [2.05, 4.69) is 5.32 Å². The van der Waals surface area contributed by atoms with Crippen LogP contribution in [0.25, 0.3) is 0 Å². The lowest BCUT2D eigenvalue weighted by atomic mass is 10.3. The largest absolute Gasteiger partial charge is 0.314 e. The minimum absolute atomic E-state index is 0.401. The molecule has 1 saturated heterocycles. The van der Waals surface area contributed by atoms with E-state index < -0.39 is 31.7 Å². The zero-order chi connectivity index (χ0) is 13.2. The Bertz CT molecular complexity index is 551. The molecule has 1 aromatic carbocycles. The van der Waals surface area contributed by atoms with Gasteiger partial charge in [0.05, 0.1) is 11.0 Å². The van der Waals surface area contributed by atoms with Crippen LogP contribution < -0.4 is 5.32 Å². The third-order valence-corrected chi connectivity index (χ3v) is 4.02. The summed E-state index contributed by atoms with van der Waals surface area (Å²) in [6.07, 6.45) is 0.106. The second kappa shape index (κ2) is 5.01. The smallest absolute Gasteiger partial charge is 0.304 e. The molecule has 1 aliphatic rings. The lowest BCUT2D eigenvalue weighted by Gasteiger charge is -2.10. The molecule has 0 bridgehead atoms. The predicted octanol–water partition coefficient (Wildman–Crippen LogP) is 0.662. The van der Waals surface area contributed by atoms with Gasteiger partial charge in [-0.15, -0.1) is 0 Å². The Balaban J connectivity index is 2.31. The van der Waals surface area contributed by atoms with Crippen molar-refractivity contribution < 1.29 is 17.5 Å². The first-order valence-corrected chi connectivity index (χ1v) is 6.79. The Kier molecular flexibility index (Phi) is 3.60. The van der Waals surface area contributed by atoms with E-state index in [0.717, 1.165) is 6.07 Å². The molecule has 1 atom stereocenters. The third-order valence-electron chi connectivity index (χ3n) is 2.61. The van der Waals surface area contributed by atoms with Crippen molar-refractivity contribution >= 4 is 15.8 Å². The fourth-order valence-corrected chi connectivity index (χ4v) is 3.03. The molecule has 0 aromatic heterocycles. The molecule has 0 saturated carbocycles. The Hall–Kier alpha value is -1.51. The van der Waals surface area contributed by atoms with Crippen LogP contribution in [0.3, 0.4) is 0 Å². The van der Waals surface area contributed by atoms with Gasteiger partial charge in [0.25, 0.3) is 5.69 Å². The fourth-order valence-electron chi connectivity index (χ4n) is 1.76. The lowest BCUT2D eigenvalue weighted by molar-refractivity contribution is -0.387. The Morgan fingerprint density at radius 1 is 1.39 bits per heavy atom. The summed E-state index contributed by atoms with van der Waals surface area (Å²) in [5.74, 6) is 0. The van der Waals surface area contributed by atoms with Crippen molar-refractivity contribution in [3.63, 3.8) is 0 Å². The number of rotatable bonds is 4. The monoisotopic (exact) mass is 272 g/mol. The molecule has 1 fully saturated rings. The van der Waals surface area contributed by atoms with E-state index in [1.165, 1.54) is 18.2 Å². The molecule has 8 heteroatoms. The summed E-state index contributed by atoms with van der Waals surface area (Å²) in [5, 5.41) is 13.7. The SMILES string of the molecule is O=[N+]([O-])c1ccccc1S(=O)(=O)O[C@@H]1CCNC1. The second-order valence-corrected chi connectivity index (χ2v) is 5.43. The average molecular weight is 272 g/mol. The van der Waals surface area contributed by atoms with E-state index in [9.17, 15) is 18.5 Å². The normalized spacial score (nSPS) is 19.9. The van der Waals surface area contributed by atoms with Crippen molar-refractivity contribution in [3.8, 4) is 0 Å². The van der Waals surface area contributed by atoms with Crippen LogP contribution in [0.4, 0.5) is 5.69 Å². The van der Waals surface area contributed by atoms with E-state index in [0.29, 0.717) is 19.5 Å². The van der Waals surface area contributed by atoms with Crippen LogP contribution in [0.5, 0.6) is 0 Å². The molecule has 7 nitrogen and oxygen atoms in total. The first-order chi connectivity index (χ1) is 8.50. The highest BCUT2D eigenvalue weighted by atomic mass is 32.2. The van der Waals surface area contributed by atoms with Crippen molar-refractivity contribution in [2.45, 2.75) is 17.4 Å². The number of nitro groups is 1. The van der Waals surface area contributed by atoms with Gasteiger partial charge >= 0.3 is 10.1 Å². The van der Waals surface area contributed by atoms with Crippen molar-refractivity contribution in [3.05, 3.63) is 34.4 Å². The molecule has 0 amide bonds. The number of hydrogen-bond donors (Lipinski definition) is 1. The van der Waals surface area contributed by atoms with Crippen molar-refractivity contribution in [2.24, 2.45) is 0 Å². The maximum atomic E-state index is 12.0. The zero-order valence-electron chi connectivity index (χ0n) is 9.40. The van der Waals surface area contributed by atoms with E-state index in [1.807, 2.05) is 0 Å². The number of nitrogens with zero attached hydrogens (tertiary/aromatic N) is 1. The summed E-state index contributed by atoms with van der Waals surface area (Å²) >= 11 is 0. The molecule has 1 aromatic rings. The Labute approximate surface area is 104 Å². The number of hydrogen-bond acceptors (Lipinski definition) is 6. The predicted molar refractivity (Wildman–Crippen MR) is 62.6 cm³/mol. The molecule has 1 aliphatic heterocycles. The quantitative estimate of drug-likeness (QED) is 0.491. The van der Waals surface area contributed by atoms with Crippen LogP contribution in [0, 0.1) is 10.1 Å². The van der Waals surface area contributed by atoms with Gasteiger partial charge in [0.15, 0.2) is 4.90 Å². The lowest BCUT2D eigenvalue weighted by Crippen LogP contribution is -2.21. The molecular formula is C10H12N2O5S. The van der Waals surface area contributed by atoms with Crippen LogP contribution in [0.1, 0.15) is 6.42 Å². The van der Waals surface area contributed by atoms with Gasteiger partial charge in [-0.25, -0.2) is 0 Å². The molecule has 1 N–H and O–H groups in total. The molecule has 0 unspecified atom stereocenters. The highest BCUT2D eigenvalue weighted by Crippen LogP contribution is 2.26. The summed E-state index contributed by atoms with van der Waals surface area (Å²) in [6.45, 7) is 1.11. The van der Waals surface area contributed by atoms with Crippen LogP contribution in [-0.4, -0.2) is 32.5 Å². The number of para-hydroxylation sites is 1. The van der Waals surface area contributed by atoms with Gasteiger partial charge < -0.3 is 5.32 Å². The molecule has 0 aliphatic carbocycles. The topological polar surface area (TPSA) is 98.5 Å². The molecule has 98 valence electrons. The van der Waals surface area contributed by atoms with Gasteiger partial charge in [-0.2, -0.15) is 8.42 Å². The molecule has 0 spiro atoms. The standard InChI is InChI=1S/C10H12N2O5S/c13-12(14)9-3-1-2-4-10(9)18(15,16)17-8-5-6-11-7-8/h1-4,8,11H,5-7H2/t8-/m1/s1. The van der Waals surface area contributed by atoms with Gasteiger partial charge in [-0.05, 0) is 19.0 Å². The van der Waals surface area contributed by atoms with Crippen LogP contribution >= 0.6 is 0 Å². The summed E-state index contributed by atoms with van der Waals surface area (Å²) in [5.41, 5.74) is -0.469. The van der Waals surface area contributed by atoms with Crippen molar-refractivity contribution in [1.29, 1.82) is 0 Å². The zero-order valence-corrected chi connectivity index (χ0v) is 10.2. The van der Waals surface area contributed by atoms with E-state index >= 15 is 0 Å². The van der Waals surface area contributed by atoms with Gasteiger partial charge in [0.1, 0.15) is 0 Å². The number of benzene rings is 1. The van der Waals surface area contributed by atoms with Gasteiger partial charge in [0.2, 0.25) is 0 Å². The molecule has 2 rings (SSSR count). The fraction of sp³-hybridized carbons (Fsp3) is 0.400. The maximum Gasteiger partial charge on any atom is 0.304 e. The van der Waals surface area contributed by atoms with E-state index in [-0.39, 0.29) is 0 Å². The highest BCUT2D eigenvalue weighted by Gasteiger charge is 2.30. The van der Waals surface area contributed by atoms with Crippen LogP contribution in [-0.2, 0) is 14.3 Å². The molecular weight excluding hydrogens is 260 g/mol. The van der Waals surface area contributed by atoms with E-state index in [4.69, 9.17) is 4.18 Å². The number of nitrogens with one attached hydrogen (secondary N) is 1. The second-order valence-electron chi connectivity index (χ2n) is 3.89. The van der Waals surface area contributed by atoms with Crippen LogP contribution in [0.15, 0.2) is 29.2 Å². The Morgan fingerprint density at radius 2 is 2.11 bits per heavy atom. The molecule has 18 heavy (non-hydrogen) atoms. The third kappa shape index (κ3) is 2.66. The summed E-state index contributed by atoms with van der Waals surface area (Å²) in [6, 6.07) is 5.16. The number of nitro benzene ring substituents is 1. The van der Waals surface area contributed by atoms with Crippen molar-refractivity contribution in [1.82, 2.24) is 5.32 Å². The highest BCUT2D eigenvalue weighted by molar-refractivity contribution is 7.87. The Morgan fingerprint density at radius 3 is 2.72 bits per heavy atom. The average Bonchev–Trinajstić information content (AvgIpc) is 2.81. The van der Waals surface area contributed by atoms with Gasteiger partial charge in [-0.1, -0.05) is 12.1 Å². The summed E-state index contributed by atoms with van der Waals surface area (Å²) in [7, 11) is -4.10. The summed E-state index contributed by atoms with van der Waals surface area (Å²) in [4.78, 5) is 9.64. The first kappa shape index (κ1) is 12.9. The summed E-state index contributed by atoms with van der Waals surface area (Å²) < 4.78 is 28.9. The molecule has 1 heterocycles. The minimum Gasteiger partial charge on any atom is -0.314 e. The maximum absolute atomic E-state index is 12.0.